The average molecular weight is 678 g/mol. The van der Waals surface area contributed by atoms with Gasteiger partial charge in [-0.15, -0.1) is 0 Å². The van der Waals surface area contributed by atoms with Crippen molar-refractivity contribution in [1.82, 2.24) is 14.0 Å². The van der Waals surface area contributed by atoms with Gasteiger partial charge in [-0.2, -0.15) is 0 Å². The van der Waals surface area contributed by atoms with Crippen molar-refractivity contribution < 1.29 is 4.42 Å². The quantitative estimate of drug-likeness (QED) is 0.182. The Bertz CT molecular complexity index is 3170. The maximum absolute atomic E-state index is 6.68. The standard InChI is InChI=1S/C49H31N3O/c1-3-13-32(14-4-1)47-48(51-28-10-9-23-46(51)50-47)36-16-11-15-35(29-36)38-20-12-21-40-42-31-34(25-27-45(42)53-49(38)40)33-24-26-44-41(30-33)39-19-7-8-22-43(39)52(44)37-17-5-2-6-18-37/h1-31H. The summed E-state index contributed by atoms with van der Waals surface area (Å²) in [5.41, 5.74) is 15.0. The maximum atomic E-state index is 6.68. The lowest BCUT2D eigenvalue weighted by atomic mass is 9.97. The number of furan rings is 1. The number of para-hydroxylation sites is 3. The normalized spacial score (nSPS) is 11.8. The minimum Gasteiger partial charge on any atom is -0.455 e. The van der Waals surface area contributed by atoms with E-state index in [1.165, 1.54) is 27.4 Å². The predicted molar refractivity (Wildman–Crippen MR) is 219 cm³/mol. The number of hydrogen-bond acceptors (Lipinski definition) is 2. The first-order valence-electron chi connectivity index (χ1n) is 18.0. The molecule has 248 valence electrons. The molecule has 4 aromatic heterocycles. The van der Waals surface area contributed by atoms with Gasteiger partial charge in [0.15, 0.2) is 0 Å². The van der Waals surface area contributed by atoms with Crippen LogP contribution in [0.2, 0.25) is 0 Å². The molecule has 0 fully saturated rings. The van der Waals surface area contributed by atoms with E-state index < -0.39 is 0 Å². The first-order valence-corrected chi connectivity index (χ1v) is 18.0. The van der Waals surface area contributed by atoms with Crippen molar-refractivity contribution in [3.05, 3.63) is 188 Å². The third-order valence-corrected chi connectivity index (χ3v) is 10.5. The topological polar surface area (TPSA) is 35.4 Å². The minimum atomic E-state index is 0.877. The van der Waals surface area contributed by atoms with Gasteiger partial charge in [0.25, 0.3) is 0 Å². The molecule has 0 radical (unpaired) electrons. The smallest absolute Gasteiger partial charge is 0.143 e. The zero-order chi connectivity index (χ0) is 34.9. The van der Waals surface area contributed by atoms with Crippen molar-refractivity contribution in [3.63, 3.8) is 0 Å². The van der Waals surface area contributed by atoms with E-state index in [2.05, 4.69) is 185 Å². The first-order chi connectivity index (χ1) is 26.3. The van der Waals surface area contributed by atoms with Gasteiger partial charge in [0.2, 0.25) is 0 Å². The Morgan fingerprint density at radius 3 is 2.00 bits per heavy atom. The van der Waals surface area contributed by atoms with Crippen LogP contribution < -0.4 is 0 Å². The molecular formula is C49H31N3O. The highest BCUT2D eigenvalue weighted by Gasteiger charge is 2.19. The summed E-state index contributed by atoms with van der Waals surface area (Å²) in [5, 5.41) is 4.69. The number of aromatic nitrogens is 3. The minimum absolute atomic E-state index is 0.877. The number of nitrogens with zero attached hydrogens (tertiary/aromatic N) is 3. The van der Waals surface area contributed by atoms with Crippen LogP contribution in [0.4, 0.5) is 0 Å². The number of imidazole rings is 1. The highest BCUT2D eigenvalue weighted by atomic mass is 16.3. The van der Waals surface area contributed by atoms with E-state index in [4.69, 9.17) is 9.40 Å². The summed E-state index contributed by atoms with van der Waals surface area (Å²) in [6.07, 6.45) is 2.09. The van der Waals surface area contributed by atoms with Gasteiger partial charge in [0.1, 0.15) is 16.8 Å². The lowest BCUT2D eigenvalue weighted by molar-refractivity contribution is 0.670. The first kappa shape index (κ1) is 29.5. The summed E-state index contributed by atoms with van der Waals surface area (Å²) in [7, 11) is 0. The monoisotopic (exact) mass is 677 g/mol. The van der Waals surface area contributed by atoms with E-state index in [1.807, 2.05) is 12.1 Å². The number of hydrogen-bond donors (Lipinski definition) is 0. The molecule has 0 N–H and O–H groups in total. The molecule has 53 heavy (non-hydrogen) atoms. The van der Waals surface area contributed by atoms with Gasteiger partial charge in [0.05, 0.1) is 22.4 Å². The van der Waals surface area contributed by atoms with Crippen LogP contribution in [0, 0.1) is 0 Å². The van der Waals surface area contributed by atoms with Gasteiger partial charge < -0.3 is 8.98 Å². The van der Waals surface area contributed by atoms with Crippen LogP contribution in [0.25, 0.3) is 99.8 Å². The van der Waals surface area contributed by atoms with E-state index in [9.17, 15) is 0 Å². The third-order valence-electron chi connectivity index (χ3n) is 10.5. The van der Waals surface area contributed by atoms with Crippen molar-refractivity contribution in [1.29, 1.82) is 0 Å². The van der Waals surface area contributed by atoms with E-state index in [1.54, 1.807) is 0 Å². The molecule has 0 atom stereocenters. The Morgan fingerprint density at radius 1 is 0.434 bits per heavy atom. The number of pyridine rings is 1. The van der Waals surface area contributed by atoms with Crippen LogP contribution in [-0.4, -0.2) is 14.0 Å². The Morgan fingerprint density at radius 2 is 1.11 bits per heavy atom. The Hall–Kier alpha value is -7.17. The van der Waals surface area contributed by atoms with Crippen molar-refractivity contribution >= 4 is 49.4 Å². The molecule has 0 amide bonds. The van der Waals surface area contributed by atoms with Crippen LogP contribution in [0.15, 0.2) is 193 Å². The molecule has 4 heteroatoms. The highest BCUT2D eigenvalue weighted by Crippen LogP contribution is 2.41. The lowest BCUT2D eigenvalue weighted by Gasteiger charge is -2.09. The van der Waals surface area contributed by atoms with Crippen molar-refractivity contribution in [3.8, 4) is 50.5 Å². The van der Waals surface area contributed by atoms with E-state index in [-0.39, 0.29) is 0 Å². The Balaban J connectivity index is 1.03. The zero-order valence-corrected chi connectivity index (χ0v) is 28.6. The molecule has 4 heterocycles. The summed E-state index contributed by atoms with van der Waals surface area (Å²) in [4.78, 5) is 5.06. The summed E-state index contributed by atoms with van der Waals surface area (Å²) >= 11 is 0. The third kappa shape index (κ3) is 4.66. The highest BCUT2D eigenvalue weighted by molar-refractivity contribution is 6.12. The van der Waals surface area contributed by atoms with Gasteiger partial charge >= 0.3 is 0 Å². The van der Waals surface area contributed by atoms with Gasteiger partial charge in [0, 0.05) is 50.1 Å². The molecule has 0 aliphatic carbocycles. The fourth-order valence-corrected chi connectivity index (χ4v) is 8.12. The van der Waals surface area contributed by atoms with Gasteiger partial charge in [-0.3, -0.25) is 4.40 Å². The zero-order valence-electron chi connectivity index (χ0n) is 28.6. The molecule has 11 aromatic rings. The molecule has 0 aliphatic heterocycles. The molecular weight excluding hydrogens is 647 g/mol. The van der Waals surface area contributed by atoms with Gasteiger partial charge in [-0.1, -0.05) is 121 Å². The molecule has 11 rings (SSSR count). The fourth-order valence-electron chi connectivity index (χ4n) is 8.12. The van der Waals surface area contributed by atoms with Gasteiger partial charge in [-0.25, -0.2) is 4.98 Å². The summed E-state index contributed by atoms with van der Waals surface area (Å²) in [6, 6.07) is 64.5. The van der Waals surface area contributed by atoms with E-state index in [0.717, 1.165) is 72.5 Å². The van der Waals surface area contributed by atoms with Crippen LogP contribution in [0.5, 0.6) is 0 Å². The number of fused-ring (bicyclic) bond motifs is 7. The SMILES string of the molecule is c1ccc(-c2nc3ccccn3c2-c2cccc(-c3cccc4c3oc3ccc(-c5ccc6c(c5)c5ccccc5n6-c5ccccc5)cc34)c2)cc1. The van der Waals surface area contributed by atoms with Gasteiger partial charge in [-0.05, 0) is 77.4 Å². The maximum Gasteiger partial charge on any atom is 0.143 e. The predicted octanol–water partition coefficient (Wildman–Crippen LogP) is 13.0. The molecule has 0 saturated carbocycles. The van der Waals surface area contributed by atoms with Crippen LogP contribution in [-0.2, 0) is 0 Å². The largest absolute Gasteiger partial charge is 0.455 e. The molecule has 0 bridgehead atoms. The summed E-state index contributed by atoms with van der Waals surface area (Å²) < 4.78 is 11.2. The lowest BCUT2D eigenvalue weighted by Crippen LogP contribution is -1.92. The molecule has 0 saturated heterocycles. The van der Waals surface area contributed by atoms with Crippen LogP contribution in [0.1, 0.15) is 0 Å². The van der Waals surface area contributed by atoms with Crippen LogP contribution in [0.3, 0.4) is 0 Å². The molecule has 4 nitrogen and oxygen atoms in total. The number of benzene rings is 7. The van der Waals surface area contributed by atoms with Crippen molar-refractivity contribution in [2.24, 2.45) is 0 Å². The van der Waals surface area contributed by atoms with Crippen molar-refractivity contribution in [2.45, 2.75) is 0 Å². The Kier molecular flexibility index (Phi) is 6.52. The Labute approximate surface area is 305 Å². The molecule has 0 spiro atoms. The molecule has 0 unspecified atom stereocenters. The number of rotatable bonds is 5. The summed E-state index contributed by atoms with van der Waals surface area (Å²) in [5.74, 6) is 0. The average Bonchev–Trinajstić information content (AvgIpc) is 3.91. The molecule has 7 aromatic carbocycles. The van der Waals surface area contributed by atoms with E-state index in [0.29, 0.717) is 0 Å². The second-order valence-electron chi connectivity index (χ2n) is 13.6. The molecule has 0 aliphatic rings. The second kappa shape index (κ2) is 11.7. The summed E-state index contributed by atoms with van der Waals surface area (Å²) in [6.45, 7) is 0. The second-order valence-corrected chi connectivity index (χ2v) is 13.6. The van der Waals surface area contributed by atoms with E-state index >= 15 is 0 Å². The van der Waals surface area contributed by atoms with Crippen LogP contribution >= 0.6 is 0 Å². The fraction of sp³-hybridized carbons (Fsp3) is 0. The van der Waals surface area contributed by atoms with Crippen molar-refractivity contribution in [2.75, 3.05) is 0 Å².